The fourth-order valence-electron chi connectivity index (χ4n) is 3.68. The summed E-state index contributed by atoms with van der Waals surface area (Å²) in [5.41, 5.74) is 0.270. The quantitative estimate of drug-likeness (QED) is 0.835. The fraction of sp³-hybridized carbons (Fsp3) is 1.00. The summed E-state index contributed by atoms with van der Waals surface area (Å²) in [6.07, 6.45) is 9.38. The maximum absolute atomic E-state index is 6.21. The van der Waals surface area contributed by atoms with Crippen LogP contribution in [0.3, 0.4) is 0 Å². The SMILES string of the molecule is CC(CCNC1CC1)C1CCOC2(CCSCC2)C1. The molecule has 0 aromatic carbocycles. The van der Waals surface area contributed by atoms with E-state index in [2.05, 4.69) is 24.0 Å². The molecular weight excluding hydrogens is 254 g/mol. The van der Waals surface area contributed by atoms with Gasteiger partial charge in [0.15, 0.2) is 0 Å². The molecule has 0 amide bonds. The maximum atomic E-state index is 6.21. The van der Waals surface area contributed by atoms with Gasteiger partial charge in [0, 0.05) is 12.6 Å². The smallest absolute Gasteiger partial charge is 0.0701 e. The highest BCUT2D eigenvalue weighted by atomic mass is 32.2. The lowest BCUT2D eigenvalue weighted by Crippen LogP contribution is -2.44. The zero-order valence-corrected chi connectivity index (χ0v) is 13.1. The van der Waals surface area contributed by atoms with Crippen molar-refractivity contribution in [1.29, 1.82) is 0 Å². The van der Waals surface area contributed by atoms with Crippen LogP contribution in [0.15, 0.2) is 0 Å². The normalized spacial score (nSPS) is 32.4. The van der Waals surface area contributed by atoms with Gasteiger partial charge >= 0.3 is 0 Å². The molecule has 1 spiro atoms. The molecule has 1 N–H and O–H groups in total. The molecule has 0 bridgehead atoms. The van der Waals surface area contributed by atoms with Gasteiger partial charge in [-0.2, -0.15) is 11.8 Å². The van der Waals surface area contributed by atoms with Crippen molar-refractivity contribution in [3.63, 3.8) is 0 Å². The molecule has 2 nitrogen and oxygen atoms in total. The van der Waals surface area contributed by atoms with Crippen molar-refractivity contribution in [3.05, 3.63) is 0 Å². The lowest BCUT2D eigenvalue weighted by molar-refractivity contribution is -0.110. The van der Waals surface area contributed by atoms with E-state index in [0.29, 0.717) is 0 Å². The number of rotatable bonds is 5. The van der Waals surface area contributed by atoms with Gasteiger partial charge < -0.3 is 10.1 Å². The molecule has 1 aliphatic carbocycles. The van der Waals surface area contributed by atoms with Gasteiger partial charge in [-0.3, -0.25) is 0 Å². The Morgan fingerprint density at radius 1 is 1.26 bits per heavy atom. The Morgan fingerprint density at radius 3 is 2.79 bits per heavy atom. The molecule has 1 saturated carbocycles. The number of ether oxygens (including phenoxy) is 1. The molecule has 0 aromatic rings. The van der Waals surface area contributed by atoms with E-state index in [1.54, 1.807) is 0 Å². The molecule has 3 fully saturated rings. The third-order valence-electron chi connectivity index (χ3n) is 5.35. The highest BCUT2D eigenvalue weighted by Gasteiger charge is 2.39. The molecule has 2 heterocycles. The number of thioether (sulfide) groups is 1. The second kappa shape index (κ2) is 6.36. The summed E-state index contributed by atoms with van der Waals surface area (Å²) in [5.74, 6) is 4.38. The van der Waals surface area contributed by atoms with Gasteiger partial charge in [-0.15, -0.1) is 0 Å². The molecule has 2 aliphatic heterocycles. The van der Waals surface area contributed by atoms with E-state index in [1.165, 1.54) is 63.0 Å². The number of hydrogen-bond acceptors (Lipinski definition) is 3. The number of hydrogen-bond donors (Lipinski definition) is 1. The van der Waals surface area contributed by atoms with Crippen LogP contribution in [0.4, 0.5) is 0 Å². The average molecular weight is 283 g/mol. The minimum Gasteiger partial charge on any atom is -0.375 e. The Balaban J connectivity index is 1.45. The summed E-state index contributed by atoms with van der Waals surface area (Å²) < 4.78 is 6.21. The van der Waals surface area contributed by atoms with Crippen molar-refractivity contribution in [2.75, 3.05) is 24.7 Å². The summed E-state index contributed by atoms with van der Waals surface area (Å²) in [6, 6.07) is 0.864. The predicted molar refractivity (Wildman–Crippen MR) is 82.8 cm³/mol. The molecule has 2 atom stereocenters. The third kappa shape index (κ3) is 3.89. The minimum atomic E-state index is 0.270. The van der Waals surface area contributed by atoms with E-state index >= 15 is 0 Å². The molecule has 0 radical (unpaired) electrons. The van der Waals surface area contributed by atoms with Gasteiger partial charge in [-0.05, 0) is 74.8 Å². The van der Waals surface area contributed by atoms with Gasteiger partial charge in [0.05, 0.1) is 5.60 Å². The van der Waals surface area contributed by atoms with Gasteiger partial charge in [-0.25, -0.2) is 0 Å². The van der Waals surface area contributed by atoms with Crippen LogP contribution in [0.1, 0.15) is 51.9 Å². The molecule has 2 unspecified atom stereocenters. The van der Waals surface area contributed by atoms with E-state index in [0.717, 1.165) is 24.5 Å². The van der Waals surface area contributed by atoms with Gasteiger partial charge in [-0.1, -0.05) is 6.92 Å². The largest absolute Gasteiger partial charge is 0.375 e. The average Bonchev–Trinajstić information content (AvgIpc) is 3.24. The van der Waals surface area contributed by atoms with Crippen LogP contribution >= 0.6 is 11.8 Å². The minimum absolute atomic E-state index is 0.270. The van der Waals surface area contributed by atoms with Crippen LogP contribution in [0, 0.1) is 11.8 Å². The van der Waals surface area contributed by atoms with Crippen molar-refractivity contribution in [3.8, 4) is 0 Å². The van der Waals surface area contributed by atoms with Gasteiger partial charge in [0.25, 0.3) is 0 Å². The standard InChI is InChI=1S/C16H29NOS/c1-13(4-8-17-15-2-3-15)14-5-9-18-16(12-14)6-10-19-11-7-16/h13-15,17H,2-12H2,1H3. The first-order valence-corrected chi connectivity index (χ1v) is 9.38. The van der Waals surface area contributed by atoms with E-state index in [-0.39, 0.29) is 5.60 Å². The Kier molecular flexibility index (Phi) is 4.76. The summed E-state index contributed by atoms with van der Waals surface area (Å²) in [4.78, 5) is 0. The van der Waals surface area contributed by atoms with Crippen LogP contribution in [0.25, 0.3) is 0 Å². The van der Waals surface area contributed by atoms with Crippen LogP contribution in [0.5, 0.6) is 0 Å². The first-order chi connectivity index (χ1) is 9.27. The van der Waals surface area contributed by atoms with Crippen molar-refractivity contribution in [2.45, 2.75) is 63.5 Å². The van der Waals surface area contributed by atoms with E-state index < -0.39 is 0 Å². The Morgan fingerprint density at radius 2 is 2.05 bits per heavy atom. The second-order valence-electron chi connectivity index (χ2n) is 6.89. The monoisotopic (exact) mass is 283 g/mol. The van der Waals surface area contributed by atoms with Crippen molar-refractivity contribution in [2.24, 2.45) is 11.8 Å². The molecule has 3 heteroatoms. The summed E-state index contributed by atoms with van der Waals surface area (Å²) in [7, 11) is 0. The molecular formula is C16H29NOS. The lowest BCUT2D eigenvalue weighted by atomic mass is 9.75. The predicted octanol–water partition coefficient (Wildman–Crippen LogP) is 3.46. The molecule has 2 saturated heterocycles. The Bertz CT molecular complexity index is 281. The highest BCUT2D eigenvalue weighted by Crippen LogP contribution is 2.42. The molecule has 0 aromatic heterocycles. The summed E-state index contributed by atoms with van der Waals surface area (Å²) in [6.45, 7) is 4.71. The zero-order valence-electron chi connectivity index (χ0n) is 12.3. The number of nitrogens with one attached hydrogen (secondary N) is 1. The third-order valence-corrected chi connectivity index (χ3v) is 6.34. The van der Waals surface area contributed by atoms with Crippen LogP contribution in [0.2, 0.25) is 0 Å². The molecule has 3 aliphatic rings. The lowest BCUT2D eigenvalue weighted by Gasteiger charge is -2.45. The van der Waals surface area contributed by atoms with E-state index in [9.17, 15) is 0 Å². The van der Waals surface area contributed by atoms with Crippen LogP contribution < -0.4 is 5.32 Å². The van der Waals surface area contributed by atoms with Crippen molar-refractivity contribution in [1.82, 2.24) is 5.32 Å². The molecule has 110 valence electrons. The summed E-state index contributed by atoms with van der Waals surface area (Å²) >= 11 is 2.11. The Hall–Kier alpha value is 0.270. The first kappa shape index (κ1) is 14.2. The summed E-state index contributed by atoms with van der Waals surface area (Å²) in [5, 5.41) is 3.66. The fourth-order valence-corrected chi connectivity index (χ4v) is 4.92. The first-order valence-electron chi connectivity index (χ1n) is 8.22. The molecule has 19 heavy (non-hydrogen) atoms. The highest BCUT2D eigenvalue weighted by molar-refractivity contribution is 7.99. The Labute approximate surface area is 122 Å². The van der Waals surface area contributed by atoms with E-state index in [1.807, 2.05) is 0 Å². The second-order valence-corrected chi connectivity index (χ2v) is 8.12. The van der Waals surface area contributed by atoms with Gasteiger partial charge in [0.2, 0.25) is 0 Å². The maximum Gasteiger partial charge on any atom is 0.0701 e. The van der Waals surface area contributed by atoms with E-state index in [4.69, 9.17) is 4.74 Å². The van der Waals surface area contributed by atoms with Crippen molar-refractivity contribution < 1.29 is 4.74 Å². The van der Waals surface area contributed by atoms with Crippen LogP contribution in [-0.2, 0) is 4.74 Å². The topological polar surface area (TPSA) is 21.3 Å². The molecule has 3 rings (SSSR count). The van der Waals surface area contributed by atoms with Gasteiger partial charge in [0.1, 0.15) is 0 Å². The van der Waals surface area contributed by atoms with Crippen LogP contribution in [-0.4, -0.2) is 36.3 Å². The zero-order chi connectivity index (χ0) is 13.1. The van der Waals surface area contributed by atoms with Crippen molar-refractivity contribution >= 4 is 11.8 Å².